The Hall–Kier alpha value is -1.83. The summed E-state index contributed by atoms with van der Waals surface area (Å²) in [5.41, 5.74) is 7.00. The topological polar surface area (TPSA) is 27.6 Å². The molecular weight excluding hydrogens is 234 g/mol. The van der Waals surface area contributed by atoms with Crippen LogP contribution in [-0.2, 0) is 0 Å². The van der Waals surface area contributed by atoms with E-state index in [1.54, 1.807) is 0 Å². The van der Waals surface area contributed by atoms with Gasteiger partial charge in [-0.25, -0.2) is 4.99 Å². The van der Waals surface area contributed by atoms with Crippen LogP contribution < -0.4 is 5.32 Å². The summed E-state index contributed by atoms with van der Waals surface area (Å²) < 4.78 is 0. The zero-order valence-electron chi connectivity index (χ0n) is 12.4. The minimum Gasteiger partial charge on any atom is -0.343 e. The molecule has 0 saturated heterocycles. The summed E-state index contributed by atoms with van der Waals surface area (Å²) in [5.74, 6) is 0.923. The number of amidine groups is 1. The van der Waals surface area contributed by atoms with Gasteiger partial charge in [0.15, 0.2) is 0 Å². The van der Waals surface area contributed by atoms with Crippen molar-refractivity contribution in [3.63, 3.8) is 0 Å². The number of nitrogens with zero attached hydrogens (tertiary/aromatic N) is 2. The Morgan fingerprint density at radius 2 is 2.21 bits per heavy atom. The maximum absolute atomic E-state index is 4.70. The molecule has 0 aromatic rings. The summed E-state index contributed by atoms with van der Waals surface area (Å²) in [6.07, 6.45) is 3.97. The second-order valence-electron chi connectivity index (χ2n) is 4.71. The maximum atomic E-state index is 4.70. The SMILES string of the molecule is C=C=CCN(C)CC1=NC(/C(C)=C\C)=C(C)C(=C)N1. The molecule has 0 spiro atoms. The van der Waals surface area contributed by atoms with Crippen molar-refractivity contribution in [2.45, 2.75) is 20.8 Å². The first-order valence-corrected chi connectivity index (χ1v) is 6.40. The minimum atomic E-state index is 0.741. The number of nitrogens with one attached hydrogen (secondary N) is 1. The molecule has 3 heteroatoms. The van der Waals surface area contributed by atoms with Gasteiger partial charge in [-0.1, -0.05) is 19.2 Å². The molecule has 19 heavy (non-hydrogen) atoms. The summed E-state index contributed by atoms with van der Waals surface area (Å²) in [7, 11) is 2.04. The predicted molar refractivity (Wildman–Crippen MR) is 83.0 cm³/mol. The maximum Gasteiger partial charge on any atom is 0.121 e. The average Bonchev–Trinajstić information content (AvgIpc) is 2.39. The van der Waals surface area contributed by atoms with Crippen LogP contribution in [-0.4, -0.2) is 30.9 Å². The van der Waals surface area contributed by atoms with Crippen LogP contribution in [0.3, 0.4) is 0 Å². The largest absolute Gasteiger partial charge is 0.343 e. The van der Waals surface area contributed by atoms with Crippen molar-refractivity contribution in [3.8, 4) is 0 Å². The number of allylic oxidation sites excluding steroid dienone is 3. The van der Waals surface area contributed by atoms with Gasteiger partial charge in [-0.15, -0.1) is 5.73 Å². The third-order valence-electron chi connectivity index (χ3n) is 3.12. The predicted octanol–water partition coefficient (Wildman–Crippen LogP) is 3.01. The minimum absolute atomic E-state index is 0.741. The highest BCUT2D eigenvalue weighted by Crippen LogP contribution is 2.23. The molecule has 102 valence electrons. The number of hydrogen-bond donors (Lipinski definition) is 1. The van der Waals surface area contributed by atoms with E-state index in [9.17, 15) is 0 Å². The molecule has 1 heterocycles. The van der Waals surface area contributed by atoms with Gasteiger partial charge in [0.05, 0.1) is 12.2 Å². The fraction of sp³-hybridized carbons (Fsp3) is 0.375. The van der Waals surface area contributed by atoms with Gasteiger partial charge in [-0.2, -0.15) is 0 Å². The fourth-order valence-corrected chi connectivity index (χ4v) is 1.79. The van der Waals surface area contributed by atoms with E-state index in [0.29, 0.717) is 0 Å². The quantitative estimate of drug-likeness (QED) is 0.767. The Labute approximate surface area is 116 Å². The normalized spacial score (nSPS) is 16.2. The first kappa shape index (κ1) is 15.2. The van der Waals surface area contributed by atoms with Crippen molar-refractivity contribution in [2.75, 3.05) is 20.1 Å². The molecule has 0 aromatic heterocycles. The zero-order chi connectivity index (χ0) is 14.4. The second kappa shape index (κ2) is 6.93. The molecule has 0 amide bonds. The first-order chi connectivity index (χ1) is 8.99. The molecule has 0 unspecified atom stereocenters. The highest BCUT2D eigenvalue weighted by Gasteiger charge is 2.16. The van der Waals surface area contributed by atoms with Gasteiger partial charge in [0, 0.05) is 12.2 Å². The molecule has 0 radical (unpaired) electrons. The first-order valence-electron chi connectivity index (χ1n) is 6.40. The Kier molecular flexibility index (Phi) is 5.56. The van der Waals surface area contributed by atoms with Crippen molar-refractivity contribution in [2.24, 2.45) is 4.99 Å². The molecule has 1 N–H and O–H groups in total. The number of rotatable bonds is 5. The zero-order valence-corrected chi connectivity index (χ0v) is 12.4. The van der Waals surface area contributed by atoms with Crippen molar-refractivity contribution in [3.05, 3.63) is 53.6 Å². The Bertz CT molecular complexity index is 500. The van der Waals surface area contributed by atoms with E-state index in [4.69, 9.17) is 4.99 Å². The molecule has 0 aliphatic carbocycles. The van der Waals surface area contributed by atoms with Gasteiger partial charge in [-0.3, -0.25) is 4.90 Å². The molecule has 0 aromatic carbocycles. The summed E-state index contributed by atoms with van der Waals surface area (Å²) in [4.78, 5) is 6.84. The van der Waals surface area contributed by atoms with E-state index in [-0.39, 0.29) is 0 Å². The third-order valence-corrected chi connectivity index (χ3v) is 3.12. The van der Waals surface area contributed by atoms with Gasteiger partial charge in [0.2, 0.25) is 0 Å². The molecule has 1 aliphatic rings. The number of aliphatic imine (C=N–C) groups is 1. The lowest BCUT2D eigenvalue weighted by molar-refractivity contribution is 0.421. The van der Waals surface area contributed by atoms with Gasteiger partial charge in [-0.05, 0) is 45.0 Å². The van der Waals surface area contributed by atoms with Gasteiger partial charge in [0.1, 0.15) is 5.84 Å². The molecule has 1 rings (SSSR count). The second-order valence-corrected chi connectivity index (χ2v) is 4.71. The summed E-state index contributed by atoms with van der Waals surface area (Å²) in [6, 6.07) is 0. The monoisotopic (exact) mass is 257 g/mol. The Morgan fingerprint density at radius 3 is 2.79 bits per heavy atom. The number of hydrogen-bond acceptors (Lipinski definition) is 3. The third kappa shape index (κ3) is 4.09. The van der Waals surface area contributed by atoms with Crippen molar-refractivity contribution in [1.82, 2.24) is 10.2 Å². The molecule has 0 atom stereocenters. The lowest BCUT2D eigenvalue weighted by Gasteiger charge is -2.24. The molecular formula is C16H23N3. The van der Waals surface area contributed by atoms with Gasteiger partial charge >= 0.3 is 0 Å². The lowest BCUT2D eigenvalue weighted by Crippen LogP contribution is -2.37. The number of likely N-dealkylation sites (N-methyl/N-ethyl adjacent to an activating group) is 1. The smallest absolute Gasteiger partial charge is 0.121 e. The summed E-state index contributed by atoms with van der Waals surface area (Å²) in [5, 5.41) is 3.26. The van der Waals surface area contributed by atoms with Crippen LogP contribution >= 0.6 is 0 Å². The molecule has 0 bridgehead atoms. The van der Waals surface area contributed by atoms with Crippen LogP contribution in [0, 0.1) is 0 Å². The van der Waals surface area contributed by atoms with Crippen LogP contribution in [0.25, 0.3) is 0 Å². The summed E-state index contributed by atoms with van der Waals surface area (Å²) >= 11 is 0. The molecule has 0 fully saturated rings. The average molecular weight is 257 g/mol. The standard InChI is InChI=1S/C16H23N3/c1-7-9-10-19(6)11-15-17-14(5)13(4)16(18-15)12(3)8-2/h8-9H,1,5,10-11H2,2-4,6H3,(H,17,18)/b12-8-. The van der Waals surface area contributed by atoms with Crippen LogP contribution in [0.15, 0.2) is 58.6 Å². The Balaban J connectivity index is 2.92. The van der Waals surface area contributed by atoms with E-state index in [0.717, 1.165) is 35.9 Å². The van der Waals surface area contributed by atoms with Crippen LogP contribution in [0.5, 0.6) is 0 Å². The van der Waals surface area contributed by atoms with E-state index in [1.165, 1.54) is 5.57 Å². The summed E-state index contributed by atoms with van der Waals surface area (Å²) in [6.45, 7) is 15.3. The highest BCUT2D eigenvalue weighted by molar-refractivity contribution is 5.89. The van der Waals surface area contributed by atoms with E-state index in [1.807, 2.05) is 27.0 Å². The van der Waals surface area contributed by atoms with Gasteiger partial charge < -0.3 is 5.32 Å². The van der Waals surface area contributed by atoms with Crippen LogP contribution in [0.2, 0.25) is 0 Å². The highest BCUT2D eigenvalue weighted by atomic mass is 15.2. The Morgan fingerprint density at radius 1 is 1.53 bits per heavy atom. The van der Waals surface area contributed by atoms with Crippen LogP contribution in [0.1, 0.15) is 20.8 Å². The van der Waals surface area contributed by atoms with E-state index in [2.05, 4.69) is 42.1 Å². The molecule has 3 nitrogen and oxygen atoms in total. The van der Waals surface area contributed by atoms with Crippen molar-refractivity contribution >= 4 is 5.84 Å². The fourth-order valence-electron chi connectivity index (χ4n) is 1.79. The van der Waals surface area contributed by atoms with E-state index >= 15 is 0 Å². The molecule has 0 saturated carbocycles. The van der Waals surface area contributed by atoms with Crippen LogP contribution in [0.4, 0.5) is 0 Å². The van der Waals surface area contributed by atoms with E-state index < -0.39 is 0 Å². The van der Waals surface area contributed by atoms with Crippen molar-refractivity contribution in [1.29, 1.82) is 0 Å². The molecule has 1 aliphatic heterocycles. The lowest BCUT2D eigenvalue weighted by atomic mass is 10.1. The van der Waals surface area contributed by atoms with Crippen molar-refractivity contribution < 1.29 is 0 Å². The van der Waals surface area contributed by atoms with Gasteiger partial charge in [0.25, 0.3) is 0 Å².